The summed E-state index contributed by atoms with van der Waals surface area (Å²) in [6.45, 7) is 34.5. The van der Waals surface area contributed by atoms with Crippen LogP contribution in [0.2, 0.25) is 0 Å². The molecule has 0 bridgehead atoms. The van der Waals surface area contributed by atoms with Gasteiger partial charge in [-0.05, 0) is 176 Å². The molecule has 0 aromatic carbocycles. The molecular formula is C46H97N5. The molecule has 0 aromatic heterocycles. The molecule has 5 N–H and O–H groups in total. The van der Waals surface area contributed by atoms with Gasteiger partial charge in [-0.3, -0.25) is 0 Å². The van der Waals surface area contributed by atoms with E-state index in [1.54, 1.807) is 0 Å². The van der Waals surface area contributed by atoms with Gasteiger partial charge < -0.3 is 26.6 Å². The lowest BCUT2D eigenvalue weighted by atomic mass is 9.89. The second kappa shape index (κ2) is 32.1. The number of rotatable bonds is 5. The van der Waals surface area contributed by atoms with E-state index in [1.165, 1.54) is 168 Å². The molecule has 5 nitrogen and oxygen atoms in total. The summed E-state index contributed by atoms with van der Waals surface area (Å²) in [7, 11) is 0. The van der Waals surface area contributed by atoms with Crippen LogP contribution in [0.1, 0.15) is 178 Å². The average molecular weight is 720 g/mol. The van der Waals surface area contributed by atoms with E-state index < -0.39 is 0 Å². The molecule has 5 atom stereocenters. The highest BCUT2D eigenvalue weighted by Gasteiger charge is 2.17. The maximum absolute atomic E-state index is 3.58. The Morgan fingerprint density at radius 1 is 0.294 bits per heavy atom. The third-order valence-corrected chi connectivity index (χ3v) is 12.8. The molecule has 51 heavy (non-hydrogen) atoms. The number of hydrogen-bond acceptors (Lipinski definition) is 5. The minimum absolute atomic E-state index is 0.794. The van der Waals surface area contributed by atoms with Gasteiger partial charge in [-0.15, -0.1) is 0 Å². The summed E-state index contributed by atoms with van der Waals surface area (Å²) in [5.41, 5.74) is 0. The summed E-state index contributed by atoms with van der Waals surface area (Å²) in [6.07, 6.45) is 24.1. The fourth-order valence-electron chi connectivity index (χ4n) is 8.27. The Balaban J connectivity index is 0.000000319. The molecule has 306 valence electrons. The molecule has 5 heterocycles. The standard InChI is InChI=1S/2C10H21N.2C9H19N.C8H17N/c2*1-9(2)10-6-4-3-5-7-11-8-10;1-8(2)9-5-3-4-6-10-7-9;1-8(2)9-6-4-3-5-7-10-9;1-7(2)8-4-3-5-9-6-8/h2*9-11H,3-8H2,1-2H3;2*8-10H,3-7H2,1-2H3;7-9H,3-6H2,1-2H3. The Bertz CT molecular complexity index is 649. The topological polar surface area (TPSA) is 60.1 Å². The van der Waals surface area contributed by atoms with Gasteiger partial charge in [-0.1, -0.05) is 114 Å². The Morgan fingerprint density at radius 3 is 0.941 bits per heavy atom. The van der Waals surface area contributed by atoms with Crippen LogP contribution in [0.3, 0.4) is 0 Å². The predicted octanol–water partition coefficient (Wildman–Crippen LogP) is 10.7. The molecule has 5 aliphatic heterocycles. The molecule has 5 unspecified atom stereocenters. The first kappa shape index (κ1) is 48.8. The average Bonchev–Trinajstić information content (AvgIpc) is 3.53. The molecule has 5 fully saturated rings. The largest absolute Gasteiger partial charge is 0.316 e. The summed E-state index contributed by atoms with van der Waals surface area (Å²) in [5.74, 6) is 8.01. The van der Waals surface area contributed by atoms with Crippen molar-refractivity contribution in [3.05, 3.63) is 0 Å². The molecular weight excluding hydrogens is 623 g/mol. The van der Waals surface area contributed by atoms with Gasteiger partial charge in [0.2, 0.25) is 0 Å². The van der Waals surface area contributed by atoms with E-state index >= 15 is 0 Å². The van der Waals surface area contributed by atoms with Crippen LogP contribution in [0, 0.1) is 53.3 Å². The minimum Gasteiger partial charge on any atom is -0.316 e. The Morgan fingerprint density at radius 2 is 0.588 bits per heavy atom. The predicted molar refractivity (Wildman–Crippen MR) is 230 cm³/mol. The number of piperidine rings is 1. The van der Waals surface area contributed by atoms with Crippen molar-refractivity contribution < 1.29 is 0 Å². The zero-order chi connectivity index (χ0) is 37.7. The van der Waals surface area contributed by atoms with Crippen molar-refractivity contribution in [1.29, 1.82) is 0 Å². The molecule has 5 rings (SSSR count). The first-order valence-electron chi connectivity index (χ1n) is 23.1. The monoisotopic (exact) mass is 720 g/mol. The van der Waals surface area contributed by atoms with E-state index in [9.17, 15) is 0 Å². The molecule has 0 aliphatic carbocycles. The molecule has 0 saturated carbocycles. The van der Waals surface area contributed by atoms with E-state index in [4.69, 9.17) is 0 Å². The van der Waals surface area contributed by atoms with E-state index in [0.29, 0.717) is 0 Å². The number of nitrogens with one attached hydrogen (secondary N) is 5. The lowest BCUT2D eigenvalue weighted by Gasteiger charge is -2.25. The maximum Gasteiger partial charge on any atom is 0.00900 e. The van der Waals surface area contributed by atoms with Crippen LogP contribution in [-0.2, 0) is 0 Å². The van der Waals surface area contributed by atoms with Gasteiger partial charge in [0, 0.05) is 6.04 Å². The lowest BCUT2D eigenvalue weighted by Crippen LogP contribution is -2.32. The first-order chi connectivity index (χ1) is 24.5. The summed E-state index contributed by atoms with van der Waals surface area (Å²) in [5, 5.41) is 17.5. The van der Waals surface area contributed by atoms with Crippen LogP contribution in [0.25, 0.3) is 0 Å². The van der Waals surface area contributed by atoms with Gasteiger partial charge >= 0.3 is 0 Å². The van der Waals surface area contributed by atoms with Crippen LogP contribution in [-0.4, -0.2) is 64.9 Å². The van der Waals surface area contributed by atoms with Crippen LogP contribution in [0.4, 0.5) is 0 Å². The molecule has 0 radical (unpaired) electrons. The number of hydrogen-bond donors (Lipinski definition) is 5. The normalized spacial score (nSPS) is 28.4. The minimum atomic E-state index is 0.794. The van der Waals surface area contributed by atoms with Gasteiger partial charge in [0.05, 0.1) is 0 Å². The van der Waals surface area contributed by atoms with E-state index in [-0.39, 0.29) is 0 Å². The molecule has 0 aromatic rings. The highest BCUT2D eigenvalue weighted by Crippen LogP contribution is 2.21. The van der Waals surface area contributed by atoms with Crippen molar-refractivity contribution in [3.63, 3.8) is 0 Å². The summed E-state index contributed by atoms with van der Waals surface area (Å²) in [6, 6.07) is 0.794. The SMILES string of the molecule is CC(C)C1CCCCCN1.CC(C)C1CCCCCNC1.CC(C)C1CCCCCNC1.CC(C)C1CCCCNC1.CC(C)C1CCCNC1. The van der Waals surface area contributed by atoms with E-state index in [1.807, 2.05) is 0 Å². The third-order valence-electron chi connectivity index (χ3n) is 12.8. The van der Waals surface area contributed by atoms with Gasteiger partial charge in [0.1, 0.15) is 0 Å². The fraction of sp³-hybridized carbons (Fsp3) is 1.00. The van der Waals surface area contributed by atoms with Crippen molar-refractivity contribution >= 4 is 0 Å². The lowest BCUT2D eigenvalue weighted by molar-refractivity contribution is 0.296. The summed E-state index contributed by atoms with van der Waals surface area (Å²) >= 11 is 0. The summed E-state index contributed by atoms with van der Waals surface area (Å²) in [4.78, 5) is 0. The quantitative estimate of drug-likeness (QED) is 0.196. The van der Waals surface area contributed by atoms with Crippen molar-refractivity contribution in [1.82, 2.24) is 26.6 Å². The Hall–Kier alpha value is -0.200. The van der Waals surface area contributed by atoms with Crippen molar-refractivity contribution in [2.45, 2.75) is 184 Å². The van der Waals surface area contributed by atoms with Crippen LogP contribution in [0.15, 0.2) is 0 Å². The first-order valence-corrected chi connectivity index (χ1v) is 23.1. The van der Waals surface area contributed by atoms with Gasteiger partial charge in [-0.25, -0.2) is 0 Å². The van der Waals surface area contributed by atoms with Gasteiger partial charge in [0.25, 0.3) is 0 Å². The van der Waals surface area contributed by atoms with E-state index in [2.05, 4.69) is 95.8 Å². The zero-order valence-corrected chi connectivity index (χ0v) is 36.7. The Labute approximate surface area is 322 Å². The molecule has 5 heteroatoms. The second-order valence-electron chi connectivity index (χ2n) is 18.8. The van der Waals surface area contributed by atoms with Crippen LogP contribution < -0.4 is 26.6 Å². The van der Waals surface area contributed by atoms with Crippen molar-refractivity contribution in [2.24, 2.45) is 53.3 Å². The van der Waals surface area contributed by atoms with Crippen LogP contribution in [0.5, 0.6) is 0 Å². The van der Waals surface area contributed by atoms with Crippen LogP contribution >= 0.6 is 0 Å². The molecule has 0 spiro atoms. The molecule has 5 aliphatic rings. The summed E-state index contributed by atoms with van der Waals surface area (Å²) < 4.78 is 0. The third kappa shape index (κ3) is 26.3. The highest BCUT2D eigenvalue weighted by atomic mass is 14.9. The van der Waals surface area contributed by atoms with Crippen molar-refractivity contribution in [2.75, 3.05) is 58.9 Å². The smallest absolute Gasteiger partial charge is 0.00900 e. The zero-order valence-electron chi connectivity index (χ0n) is 36.7. The Kier molecular flexibility index (Phi) is 30.7. The maximum atomic E-state index is 3.58. The highest BCUT2D eigenvalue weighted by molar-refractivity contribution is 4.74. The molecule has 5 saturated heterocycles. The van der Waals surface area contributed by atoms with Crippen molar-refractivity contribution in [3.8, 4) is 0 Å². The van der Waals surface area contributed by atoms with Gasteiger partial charge in [0.15, 0.2) is 0 Å². The molecule has 0 amide bonds. The fourth-order valence-corrected chi connectivity index (χ4v) is 8.27. The van der Waals surface area contributed by atoms with E-state index in [0.717, 1.165) is 59.3 Å². The van der Waals surface area contributed by atoms with Gasteiger partial charge in [-0.2, -0.15) is 0 Å². The second-order valence-corrected chi connectivity index (χ2v) is 18.8.